The Bertz CT molecular complexity index is 1140. The predicted octanol–water partition coefficient (Wildman–Crippen LogP) is 4.77. The minimum Gasteiger partial charge on any atom is -0.492 e. The first kappa shape index (κ1) is 17.6. The van der Waals surface area contributed by atoms with Gasteiger partial charge in [0, 0.05) is 29.6 Å². The molecule has 4 aromatic rings. The number of fused-ring (bicyclic) bond motifs is 3. The first-order chi connectivity index (χ1) is 13.2. The highest BCUT2D eigenvalue weighted by molar-refractivity contribution is 6.30. The van der Waals surface area contributed by atoms with Gasteiger partial charge in [0.1, 0.15) is 17.9 Å². The maximum Gasteiger partial charge on any atom is 0.336 e. The van der Waals surface area contributed by atoms with E-state index in [1.165, 1.54) is 0 Å². The molecule has 1 heterocycles. The fourth-order valence-electron chi connectivity index (χ4n) is 3.15. The highest BCUT2D eigenvalue weighted by Crippen LogP contribution is 2.27. The molecule has 3 aromatic carbocycles. The van der Waals surface area contributed by atoms with Crippen molar-refractivity contribution in [1.29, 1.82) is 0 Å². The van der Waals surface area contributed by atoms with E-state index in [9.17, 15) is 4.79 Å². The molecule has 4 nitrogen and oxygen atoms in total. The van der Waals surface area contributed by atoms with E-state index < -0.39 is 0 Å². The number of halogens is 1. The second kappa shape index (κ2) is 7.82. The molecule has 0 bridgehead atoms. The zero-order valence-electron chi connectivity index (χ0n) is 14.6. The summed E-state index contributed by atoms with van der Waals surface area (Å²) in [4.78, 5) is 11.9. The summed E-state index contributed by atoms with van der Waals surface area (Å²) < 4.78 is 11.1. The van der Waals surface area contributed by atoms with Gasteiger partial charge in [-0.3, -0.25) is 0 Å². The molecule has 0 unspecified atom stereocenters. The molecule has 0 saturated heterocycles. The van der Waals surface area contributed by atoms with Crippen molar-refractivity contribution in [3.63, 3.8) is 0 Å². The Morgan fingerprint density at radius 1 is 1.00 bits per heavy atom. The van der Waals surface area contributed by atoms with Crippen LogP contribution >= 0.6 is 11.6 Å². The van der Waals surface area contributed by atoms with Crippen molar-refractivity contribution in [2.24, 2.45) is 0 Å². The van der Waals surface area contributed by atoms with Crippen LogP contribution in [0.15, 0.2) is 75.9 Å². The third-order valence-electron chi connectivity index (χ3n) is 4.39. The van der Waals surface area contributed by atoms with Crippen LogP contribution < -0.4 is 15.7 Å². The summed E-state index contributed by atoms with van der Waals surface area (Å²) in [5.41, 5.74) is 1.19. The summed E-state index contributed by atoms with van der Waals surface area (Å²) in [5, 5.41) is 7.18. The minimum absolute atomic E-state index is 0.341. The van der Waals surface area contributed by atoms with Gasteiger partial charge >= 0.3 is 5.63 Å². The van der Waals surface area contributed by atoms with Crippen LogP contribution in [0.4, 0.5) is 0 Å². The fourth-order valence-corrected chi connectivity index (χ4v) is 3.28. The molecule has 0 spiro atoms. The lowest BCUT2D eigenvalue weighted by Gasteiger charge is -2.10. The molecule has 4 rings (SSSR count). The largest absolute Gasteiger partial charge is 0.492 e. The van der Waals surface area contributed by atoms with Gasteiger partial charge in [-0.25, -0.2) is 4.79 Å². The summed E-state index contributed by atoms with van der Waals surface area (Å²) in [6.45, 7) is 1.72. The third-order valence-corrected chi connectivity index (χ3v) is 4.64. The topological polar surface area (TPSA) is 51.5 Å². The van der Waals surface area contributed by atoms with E-state index in [0.717, 1.165) is 27.5 Å². The Morgan fingerprint density at radius 3 is 2.67 bits per heavy atom. The minimum atomic E-state index is -0.341. The number of hydrogen-bond donors (Lipinski definition) is 1. The van der Waals surface area contributed by atoms with Crippen molar-refractivity contribution in [1.82, 2.24) is 5.32 Å². The Morgan fingerprint density at radius 2 is 1.81 bits per heavy atom. The monoisotopic (exact) mass is 379 g/mol. The second-order valence-corrected chi connectivity index (χ2v) is 6.67. The lowest BCUT2D eigenvalue weighted by Crippen LogP contribution is -2.21. The van der Waals surface area contributed by atoms with Gasteiger partial charge in [-0.2, -0.15) is 0 Å². The van der Waals surface area contributed by atoms with Crippen molar-refractivity contribution in [2.75, 3.05) is 13.2 Å². The molecule has 0 aliphatic heterocycles. The lowest BCUT2D eigenvalue weighted by molar-refractivity contribution is 0.313. The molecule has 0 aliphatic carbocycles. The van der Waals surface area contributed by atoms with E-state index in [4.69, 9.17) is 20.8 Å². The quantitative estimate of drug-likeness (QED) is 0.298. The van der Waals surface area contributed by atoms with Crippen LogP contribution in [-0.2, 0) is 6.54 Å². The Hall–Kier alpha value is -2.82. The molecule has 27 heavy (non-hydrogen) atoms. The lowest BCUT2D eigenvalue weighted by atomic mass is 10.0. The Labute approximate surface area is 161 Å². The highest BCUT2D eigenvalue weighted by Gasteiger charge is 2.09. The summed E-state index contributed by atoms with van der Waals surface area (Å²) in [7, 11) is 0. The van der Waals surface area contributed by atoms with E-state index in [-0.39, 0.29) is 5.63 Å². The van der Waals surface area contributed by atoms with Gasteiger partial charge < -0.3 is 14.5 Å². The Balaban J connectivity index is 1.49. The molecule has 0 radical (unpaired) electrons. The SMILES string of the molecule is O=c1cc(CNCCOc2ccc(Cl)cc2)c2c(ccc3ccccc32)o1. The van der Waals surface area contributed by atoms with Crippen LogP contribution in [0.25, 0.3) is 21.7 Å². The maximum atomic E-state index is 11.9. The third kappa shape index (κ3) is 3.97. The molecular formula is C22H18ClNO3. The molecule has 1 aromatic heterocycles. The van der Waals surface area contributed by atoms with E-state index >= 15 is 0 Å². The zero-order valence-corrected chi connectivity index (χ0v) is 15.3. The van der Waals surface area contributed by atoms with Gasteiger partial charge in [0.05, 0.1) is 0 Å². The molecule has 1 N–H and O–H groups in total. The predicted molar refractivity (Wildman–Crippen MR) is 109 cm³/mol. The summed E-state index contributed by atoms with van der Waals surface area (Å²) >= 11 is 5.86. The maximum absolute atomic E-state index is 11.9. The van der Waals surface area contributed by atoms with Gasteiger partial charge in [0.15, 0.2) is 0 Å². The molecule has 0 saturated carbocycles. The average Bonchev–Trinajstić information content (AvgIpc) is 2.68. The van der Waals surface area contributed by atoms with Crippen molar-refractivity contribution < 1.29 is 9.15 Å². The fraction of sp³-hybridized carbons (Fsp3) is 0.136. The van der Waals surface area contributed by atoms with E-state index in [1.54, 1.807) is 18.2 Å². The first-order valence-corrected chi connectivity index (χ1v) is 9.12. The van der Waals surface area contributed by atoms with Crippen LogP contribution in [0.2, 0.25) is 5.02 Å². The molecule has 0 aliphatic rings. The van der Waals surface area contributed by atoms with Crippen molar-refractivity contribution in [3.05, 3.63) is 87.7 Å². The van der Waals surface area contributed by atoms with Crippen LogP contribution in [0, 0.1) is 0 Å². The van der Waals surface area contributed by atoms with Crippen LogP contribution in [0.5, 0.6) is 5.75 Å². The van der Waals surface area contributed by atoms with Gasteiger partial charge in [0.25, 0.3) is 0 Å². The van der Waals surface area contributed by atoms with Crippen molar-refractivity contribution >= 4 is 33.3 Å². The van der Waals surface area contributed by atoms with E-state index in [0.29, 0.717) is 30.3 Å². The summed E-state index contributed by atoms with van der Waals surface area (Å²) in [6, 6.07) is 20.7. The number of benzene rings is 3. The standard InChI is InChI=1S/C22H18ClNO3/c23-17-6-8-18(9-7-17)26-12-11-24-14-16-13-21(25)27-20-10-5-15-3-1-2-4-19(15)22(16)20/h1-10,13,24H,11-12,14H2. The molecule has 136 valence electrons. The van der Waals surface area contributed by atoms with Gasteiger partial charge in [-0.15, -0.1) is 0 Å². The van der Waals surface area contributed by atoms with Crippen molar-refractivity contribution in [3.8, 4) is 5.75 Å². The smallest absolute Gasteiger partial charge is 0.336 e. The van der Waals surface area contributed by atoms with Gasteiger partial charge in [-0.05, 0) is 46.7 Å². The number of nitrogens with one attached hydrogen (secondary N) is 1. The van der Waals surface area contributed by atoms with Crippen molar-refractivity contribution in [2.45, 2.75) is 6.54 Å². The molecule has 5 heteroatoms. The van der Waals surface area contributed by atoms with Gasteiger partial charge in [0.2, 0.25) is 0 Å². The van der Waals surface area contributed by atoms with E-state index in [2.05, 4.69) is 11.4 Å². The normalized spacial score (nSPS) is 11.1. The number of ether oxygens (including phenoxy) is 1. The molecule has 0 atom stereocenters. The van der Waals surface area contributed by atoms with Crippen LogP contribution in [0.3, 0.4) is 0 Å². The first-order valence-electron chi connectivity index (χ1n) is 8.74. The number of hydrogen-bond acceptors (Lipinski definition) is 4. The van der Waals surface area contributed by atoms with Crippen LogP contribution in [0.1, 0.15) is 5.56 Å². The second-order valence-electron chi connectivity index (χ2n) is 6.23. The summed E-state index contributed by atoms with van der Waals surface area (Å²) in [5.74, 6) is 0.776. The molecular weight excluding hydrogens is 362 g/mol. The number of rotatable bonds is 6. The zero-order chi connectivity index (χ0) is 18.6. The highest BCUT2D eigenvalue weighted by atomic mass is 35.5. The van der Waals surface area contributed by atoms with Crippen LogP contribution in [-0.4, -0.2) is 13.2 Å². The average molecular weight is 380 g/mol. The Kier molecular flexibility index (Phi) is 5.10. The molecule has 0 amide bonds. The molecule has 0 fully saturated rings. The van der Waals surface area contributed by atoms with E-state index in [1.807, 2.05) is 42.5 Å². The van der Waals surface area contributed by atoms with Gasteiger partial charge in [-0.1, -0.05) is 41.9 Å². The summed E-state index contributed by atoms with van der Waals surface area (Å²) in [6.07, 6.45) is 0.